The maximum Gasteiger partial charge on any atom is 0.189 e. The molecule has 0 unspecified atom stereocenters. The quantitative estimate of drug-likeness (QED) is 0.457. The van der Waals surface area contributed by atoms with Gasteiger partial charge in [-0.1, -0.05) is 47.8 Å². The first-order chi connectivity index (χ1) is 10.1. The maximum absolute atomic E-state index is 12.2. The summed E-state index contributed by atoms with van der Waals surface area (Å²) in [6.45, 7) is 0. The van der Waals surface area contributed by atoms with E-state index in [1.54, 1.807) is 48.5 Å². The average molecular weight is 317 g/mol. The third-order valence-corrected chi connectivity index (χ3v) is 3.38. The van der Waals surface area contributed by atoms with Gasteiger partial charge in [-0.2, -0.15) is 0 Å². The molecule has 0 radical (unpaired) electrons. The Labute approximate surface area is 133 Å². The number of rotatable bonds is 4. The van der Waals surface area contributed by atoms with Gasteiger partial charge in [-0.25, -0.2) is 0 Å². The van der Waals surface area contributed by atoms with Crippen LogP contribution in [0.4, 0.5) is 0 Å². The summed E-state index contributed by atoms with van der Waals surface area (Å²) in [4.78, 5) is 12.2. The Morgan fingerprint density at radius 1 is 1.10 bits per heavy atom. The summed E-state index contributed by atoms with van der Waals surface area (Å²) in [5.41, 5.74) is 0.958. The number of ether oxygens (including phenoxy) is 1. The number of terminal acetylenes is 1. The molecule has 0 aliphatic carbocycles. The summed E-state index contributed by atoms with van der Waals surface area (Å²) >= 11 is 12.1. The smallest absolute Gasteiger partial charge is 0.189 e. The Hall–Kier alpha value is -2.21. The first-order valence-electron chi connectivity index (χ1n) is 6.01. The summed E-state index contributed by atoms with van der Waals surface area (Å²) in [6, 6.07) is 11.9. The van der Waals surface area contributed by atoms with Gasteiger partial charge in [0.1, 0.15) is 6.11 Å². The Morgan fingerprint density at radius 3 is 2.43 bits per heavy atom. The predicted molar refractivity (Wildman–Crippen MR) is 85.7 cm³/mol. The van der Waals surface area contributed by atoms with E-state index < -0.39 is 0 Å². The zero-order valence-corrected chi connectivity index (χ0v) is 12.4. The van der Waals surface area contributed by atoms with Crippen molar-refractivity contribution in [2.45, 2.75) is 0 Å². The molecule has 0 aliphatic heterocycles. The predicted octanol–water partition coefficient (Wildman–Crippen LogP) is 4.86. The van der Waals surface area contributed by atoms with Crippen molar-refractivity contribution < 1.29 is 9.53 Å². The Morgan fingerprint density at radius 2 is 1.76 bits per heavy atom. The summed E-state index contributed by atoms with van der Waals surface area (Å²) in [5, 5.41) is 0.944. The van der Waals surface area contributed by atoms with Gasteiger partial charge in [0.05, 0.1) is 5.56 Å². The fourth-order valence-electron chi connectivity index (χ4n) is 1.74. The van der Waals surface area contributed by atoms with E-state index in [0.29, 0.717) is 26.9 Å². The molecule has 0 atom stereocenters. The van der Waals surface area contributed by atoms with Crippen LogP contribution in [0.2, 0.25) is 10.0 Å². The molecule has 4 heteroatoms. The molecule has 2 aromatic carbocycles. The molecule has 0 heterocycles. The van der Waals surface area contributed by atoms with Crippen molar-refractivity contribution in [2.24, 2.45) is 0 Å². The van der Waals surface area contributed by atoms with E-state index in [0.717, 1.165) is 0 Å². The molecular weight excluding hydrogens is 307 g/mol. The lowest BCUT2D eigenvalue weighted by Gasteiger charge is -2.04. The highest BCUT2D eigenvalue weighted by molar-refractivity contribution is 6.37. The lowest BCUT2D eigenvalue weighted by molar-refractivity contribution is 0.104. The highest BCUT2D eigenvalue weighted by Crippen LogP contribution is 2.26. The van der Waals surface area contributed by atoms with Crippen LogP contribution in [-0.4, -0.2) is 5.78 Å². The van der Waals surface area contributed by atoms with Crippen molar-refractivity contribution in [2.75, 3.05) is 0 Å². The summed E-state index contributed by atoms with van der Waals surface area (Å²) < 4.78 is 4.98. The molecule has 0 aliphatic rings. The molecule has 0 spiro atoms. The van der Waals surface area contributed by atoms with Crippen molar-refractivity contribution in [3.63, 3.8) is 0 Å². The van der Waals surface area contributed by atoms with Gasteiger partial charge in [0.25, 0.3) is 0 Å². The molecule has 2 nitrogen and oxygen atoms in total. The van der Waals surface area contributed by atoms with E-state index in [-0.39, 0.29) is 5.78 Å². The Kier molecular flexibility index (Phi) is 5.05. The second-order valence-electron chi connectivity index (χ2n) is 4.05. The molecule has 0 N–H and O–H groups in total. The van der Waals surface area contributed by atoms with E-state index in [4.69, 9.17) is 34.4 Å². The number of benzene rings is 2. The topological polar surface area (TPSA) is 26.3 Å². The molecule has 0 aromatic heterocycles. The maximum atomic E-state index is 12.2. The number of carbonyl (C=O) groups is 1. The molecule has 0 saturated carbocycles. The van der Waals surface area contributed by atoms with Crippen LogP contribution in [0.5, 0.6) is 5.75 Å². The minimum Gasteiger partial charge on any atom is -0.407 e. The summed E-state index contributed by atoms with van der Waals surface area (Å²) in [7, 11) is 0. The minimum atomic E-state index is -0.253. The number of para-hydroxylation sites is 1. The van der Waals surface area contributed by atoms with E-state index in [1.165, 1.54) is 6.08 Å². The van der Waals surface area contributed by atoms with E-state index in [9.17, 15) is 4.79 Å². The molecule has 2 aromatic rings. The third-order valence-electron chi connectivity index (χ3n) is 2.72. The molecule has 21 heavy (non-hydrogen) atoms. The molecule has 104 valence electrons. The van der Waals surface area contributed by atoms with Crippen LogP contribution in [0.25, 0.3) is 6.08 Å². The van der Waals surface area contributed by atoms with Crippen LogP contribution in [0, 0.1) is 12.5 Å². The van der Waals surface area contributed by atoms with Crippen molar-refractivity contribution in [1.82, 2.24) is 0 Å². The fraction of sp³-hybridized carbons (Fsp3) is 0. The largest absolute Gasteiger partial charge is 0.407 e. The fourth-order valence-corrected chi connectivity index (χ4v) is 2.26. The van der Waals surface area contributed by atoms with Gasteiger partial charge in [0.2, 0.25) is 0 Å². The van der Waals surface area contributed by atoms with Crippen molar-refractivity contribution in [1.29, 1.82) is 0 Å². The van der Waals surface area contributed by atoms with Gasteiger partial charge < -0.3 is 4.74 Å². The SMILES string of the molecule is C#COc1ccccc1C(=O)/C=C/c1c(Cl)cccc1Cl. The molecule has 0 amide bonds. The molecule has 2 rings (SSSR count). The van der Waals surface area contributed by atoms with Gasteiger partial charge in [0.15, 0.2) is 11.5 Å². The van der Waals surface area contributed by atoms with Crippen LogP contribution in [0.3, 0.4) is 0 Å². The van der Waals surface area contributed by atoms with Crippen molar-refractivity contribution in [3.05, 3.63) is 69.7 Å². The van der Waals surface area contributed by atoms with Gasteiger partial charge in [-0.3, -0.25) is 4.79 Å². The van der Waals surface area contributed by atoms with Crippen LogP contribution in [0.1, 0.15) is 15.9 Å². The number of hydrogen-bond acceptors (Lipinski definition) is 2. The minimum absolute atomic E-state index is 0.253. The Bertz CT molecular complexity index is 722. The zero-order valence-electron chi connectivity index (χ0n) is 10.8. The number of allylic oxidation sites excluding steroid dienone is 1. The first-order valence-corrected chi connectivity index (χ1v) is 6.77. The molecule has 0 fully saturated rings. The number of carbonyl (C=O) groups excluding carboxylic acids is 1. The van der Waals surface area contributed by atoms with Gasteiger partial charge in [0, 0.05) is 15.6 Å². The summed E-state index contributed by atoms with van der Waals surface area (Å²) in [6.07, 6.45) is 10.1. The lowest BCUT2D eigenvalue weighted by Crippen LogP contribution is -1.98. The standard InChI is InChI=1S/C17H10Cl2O2/c1-2-21-17-9-4-3-6-13(17)16(20)11-10-12-14(18)7-5-8-15(12)19/h1,3-11H/b11-10+. The van der Waals surface area contributed by atoms with E-state index >= 15 is 0 Å². The van der Waals surface area contributed by atoms with Crippen LogP contribution in [-0.2, 0) is 0 Å². The van der Waals surface area contributed by atoms with Crippen molar-refractivity contribution >= 4 is 35.1 Å². The van der Waals surface area contributed by atoms with Crippen LogP contribution in [0.15, 0.2) is 48.5 Å². The molecule has 0 bridgehead atoms. The lowest BCUT2D eigenvalue weighted by atomic mass is 10.1. The normalized spacial score (nSPS) is 10.3. The molecular formula is C17H10Cl2O2. The van der Waals surface area contributed by atoms with Gasteiger partial charge in [-0.15, -0.1) is 0 Å². The van der Waals surface area contributed by atoms with Crippen LogP contribution >= 0.6 is 23.2 Å². The average Bonchev–Trinajstić information content (AvgIpc) is 2.47. The van der Waals surface area contributed by atoms with Crippen molar-refractivity contribution in [3.8, 4) is 18.3 Å². The van der Waals surface area contributed by atoms with Crippen LogP contribution < -0.4 is 4.74 Å². The number of hydrogen-bond donors (Lipinski definition) is 0. The highest BCUT2D eigenvalue weighted by Gasteiger charge is 2.10. The second-order valence-corrected chi connectivity index (χ2v) is 4.86. The first kappa shape index (κ1) is 15.2. The molecule has 0 saturated heterocycles. The summed E-state index contributed by atoms with van der Waals surface area (Å²) in [5.74, 6) is 0.0803. The monoisotopic (exact) mass is 316 g/mol. The Balaban J connectivity index is 2.30. The van der Waals surface area contributed by atoms with E-state index in [1.807, 2.05) is 0 Å². The second kappa shape index (κ2) is 6.99. The number of halogens is 2. The zero-order chi connectivity index (χ0) is 15.2. The number of ketones is 1. The van der Waals surface area contributed by atoms with E-state index in [2.05, 4.69) is 6.11 Å². The third kappa shape index (κ3) is 3.66. The van der Waals surface area contributed by atoms with Gasteiger partial charge in [-0.05, 0) is 36.4 Å². The highest BCUT2D eigenvalue weighted by atomic mass is 35.5. The van der Waals surface area contributed by atoms with Gasteiger partial charge >= 0.3 is 0 Å².